The first-order chi connectivity index (χ1) is 10.7. The van der Waals surface area contributed by atoms with Gasteiger partial charge in [0.05, 0.1) is 5.69 Å². The van der Waals surface area contributed by atoms with Gasteiger partial charge < -0.3 is 15.0 Å². The van der Waals surface area contributed by atoms with Crippen LogP contribution in [0.3, 0.4) is 0 Å². The molecular formula is C16H22ClN3O3. The van der Waals surface area contributed by atoms with Gasteiger partial charge in [-0.05, 0) is 32.0 Å². The molecule has 2 heterocycles. The molecule has 7 heteroatoms. The van der Waals surface area contributed by atoms with Crippen LogP contribution in [0.4, 0.5) is 5.69 Å². The number of fused-ring (bicyclic) bond motifs is 1. The molecule has 3 rings (SSSR count). The minimum absolute atomic E-state index is 0. The first-order valence-corrected chi connectivity index (χ1v) is 7.72. The van der Waals surface area contributed by atoms with Gasteiger partial charge >= 0.3 is 0 Å². The molecule has 2 aliphatic heterocycles. The van der Waals surface area contributed by atoms with Crippen molar-refractivity contribution in [1.82, 2.24) is 10.2 Å². The zero-order chi connectivity index (χ0) is 15.5. The molecule has 1 unspecified atom stereocenters. The van der Waals surface area contributed by atoms with E-state index in [-0.39, 0.29) is 30.8 Å². The van der Waals surface area contributed by atoms with E-state index in [9.17, 15) is 9.59 Å². The summed E-state index contributed by atoms with van der Waals surface area (Å²) >= 11 is 0. The minimum atomic E-state index is -0.562. The summed E-state index contributed by atoms with van der Waals surface area (Å²) in [5.74, 6) is 0.473. The van der Waals surface area contributed by atoms with Crippen LogP contribution in [0, 0.1) is 0 Å². The van der Waals surface area contributed by atoms with Crippen molar-refractivity contribution < 1.29 is 14.3 Å². The molecule has 1 saturated heterocycles. The Morgan fingerprint density at radius 2 is 2.09 bits per heavy atom. The number of carbonyl (C=O) groups is 2. The third-order valence-electron chi connectivity index (χ3n) is 4.06. The van der Waals surface area contributed by atoms with Crippen molar-refractivity contribution in [2.75, 3.05) is 37.6 Å². The normalized spacial score (nSPS) is 20.9. The maximum absolute atomic E-state index is 12.5. The number of para-hydroxylation sites is 2. The van der Waals surface area contributed by atoms with Gasteiger partial charge in [0, 0.05) is 19.6 Å². The summed E-state index contributed by atoms with van der Waals surface area (Å²) < 4.78 is 5.60. The predicted molar refractivity (Wildman–Crippen MR) is 90.2 cm³/mol. The van der Waals surface area contributed by atoms with Crippen LogP contribution in [0.25, 0.3) is 0 Å². The molecule has 2 amide bonds. The van der Waals surface area contributed by atoms with E-state index in [0.29, 0.717) is 18.0 Å². The Hall–Kier alpha value is -1.79. The zero-order valence-corrected chi connectivity index (χ0v) is 14.0. The van der Waals surface area contributed by atoms with Gasteiger partial charge in [-0.2, -0.15) is 0 Å². The van der Waals surface area contributed by atoms with E-state index in [1.165, 1.54) is 0 Å². The lowest BCUT2D eigenvalue weighted by Gasteiger charge is -2.33. The van der Waals surface area contributed by atoms with Crippen molar-refractivity contribution >= 4 is 29.9 Å². The Balaban J connectivity index is 0.00000192. The zero-order valence-electron chi connectivity index (χ0n) is 13.2. The molecule has 1 aromatic rings. The average Bonchev–Trinajstić information content (AvgIpc) is 2.81. The van der Waals surface area contributed by atoms with Crippen LogP contribution in [0.2, 0.25) is 0 Å². The van der Waals surface area contributed by atoms with Gasteiger partial charge in [0.15, 0.2) is 6.10 Å². The highest BCUT2D eigenvalue weighted by molar-refractivity contribution is 6.03. The Morgan fingerprint density at radius 3 is 2.91 bits per heavy atom. The van der Waals surface area contributed by atoms with E-state index in [2.05, 4.69) is 5.32 Å². The molecule has 0 aromatic heterocycles. The lowest BCUT2D eigenvalue weighted by molar-refractivity contribution is -0.133. The van der Waals surface area contributed by atoms with Gasteiger partial charge in [-0.3, -0.25) is 14.5 Å². The van der Waals surface area contributed by atoms with Gasteiger partial charge in [0.1, 0.15) is 12.3 Å². The molecule has 126 valence electrons. The van der Waals surface area contributed by atoms with Crippen LogP contribution in [-0.4, -0.2) is 55.5 Å². The molecular weight excluding hydrogens is 318 g/mol. The number of ether oxygens (including phenoxy) is 1. The highest BCUT2D eigenvalue weighted by Crippen LogP contribution is 2.33. The molecule has 0 saturated carbocycles. The molecule has 2 aliphatic rings. The summed E-state index contributed by atoms with van der Waals surface area (Å²) in [5.41, 5.74) is 0.673. The Kier molecular flexibility index (Phi) is 5.85. The van der Waals surface area contributed by atoms with Crippen molar-refractivity contribution in [3.63, 3.8) is 0 Å². The SMILES string of the molecule is CC1Oc2ccccc2N(CC(=O)N2CCCNCC2)C1=O.Cl. The van der Waals surface area contributed by atoms with Crippen LogP contribution >= 0.6 is 12.4 Å². The largest absolute Gasteiger partial charge is 0.479 e. The highest BCUT2D eigenvalue weighted by atomic mass is 35.5. The second-order valence-corrected chi connectivity index (χ2v) is 5.64. The fraction of sp³-hybridized carbons (Fsp3) is 0.500. The van der Waals surface area contributed by atoms with Crippen molar-refractivity contribution in [2.24, 2.45) is 0 Å². The summed E-state index contributed by atoms with van der Waals surface area (Å²) in [6, 6.07) is 7.35. The quantitative estimate of drug-likeness (QED) is 0.874. The fourth-order valence-electron chi connectivity index (χ4n) is 2.85. The van der Waals surface area contributed by atoms with Crippen molar-refractivity contribution in [3.8, 4) is 5.75 Å². The monoisotopic (exact) mass is 339 g/mol. The molecule has 0 bridgehead atoms. The number of nitrogens with one attached hydrogen (secondary N) is 1. The maximum atomic E-state index is 12.5. The van der Waals surface area contributed by atoms with E-state index >= 15 is 0 Å². The second kappa shape index (κ2) is 7.66. The van der Waals surface area contributed by atoms with E-state index in [1.807, 2.05) is 29.2 Å². The number of amides is 2. The fourth-order valence-corrected chi connectivity index (χ4v) is 2.85. The summed E-state index contributed by atoms with van der Waals surface area (Å²) in [4.78, 5) is 28.3. The standard InChI is InChI=1S/C16H21N3O3.ClH/c1-12-16(21)19(13-5-2-3-6-14(13)22-12)11-15(20)18-9-4-7-17-8-10-18;/h2-3,5-6,12,17H,4,7-11H2,1H3;1H. The molecule has 1 aromatic carbocycles. The lowest BCUT2D eigenvalue weighted by Crippen LogP contribution is -2.50. The number of halogens is 1. The molecule has 0 radical (unpaired) electrons. The second-order valence-electron chi connectivity index (χ2n) is 5.64. The average molecular weight is 340 g/mol. The summed E-state index contributed by atoms with van der Waals surface area (Å²) in [6.07, 6.45) is 0.379. The summed E-state index contributed by atoms with van der Waals surface area (Å²) in [7, 11) is 0. The molecule has 1 N–H and O–H groups in total. The molecule has 0 spiro atoms. The number of benzene rings is 1. The summed E-state index contributed by atoms with van der Waals surface area (Å²) in [5, 5.41) is 3.27. The number of carbonyl (C=O) groups excluding carboxylic acids is 2. The number of nitrogens with zero attached hydrogens (tertiary/aromatic N) is 2. The van der Waals surface area contributed by atoms with Crippen molar-refractivity contribution in [2.45, 2.75) is 19.4 Å². The Bertz CT molecular complexity index is 573. The van der Waals surface area contributed by atoms with Crippen LogP contribution in [0.5, 0.6) is 5.75 Å². The maximum Gasteiger partial charge on any atom is 0.268 e. The first-order valence-electron chi connectivity index (χ1n) is 7.72. The van der Waals surface area contributed by atoms with E-state index in [4.69, 9.17) is 4.74 Å². The molecule has 6 nitrogen and oxygen atoms in total. The Labute approximate surface area is 142 Å². The van der Waals surface area contributed by atoms with Gasteiger partial charge in [-0.15, -0.1) is 12.4 Å². The smallest absolute Gasteiger partial charge is 0.268 e. The number of hydrogen-bond acceptors (Lipinski definition) is 4. The van der Waals surface area contributed by atoms with Crippen LogP contribution in [0.15, 0.2) is 24.3 Å². The Morgan fingerprint density at radius 1 is 1.30 bits per heavy atom. The molecule has 1 atom stereocenters. The van der Waals surface area contributed by atoms with Crippen molar-refractivity contribution in [1.29, 1.82) is 0 Å². The van der Waals surface area contributed by atoms with Crippen LogP contribution < -0.4 is 15.0 Å². The molecule has 23 heavy (non-hydrogen) atoms. The topological polar surface area (TPSA) is 61.9 Å². The number of hydrogen-bond donors (Lipinski definition) is 1. The molecule has 1 fully saturated rings. The number of anilines is 1. The van der Waals surface area contributed by atoms with Gasteiger partial charge in [0.2, 0.25) is 5.91 Å². The van der Waals surface area contributed by atoms with Gasteiger partial charge in [-0.25, -0.2) is 0 Å². The van der Waals surface area contributed by atoms with E-state index in [0.717, 1.165) is 26.1 Å². The van der Waals surface area contributed by atoms with E-state index < -0.39 is 6.10 Å². The minimum Gasteiger partial charge on any atom is -0.479 e. The van der Waals surface area contributed by atoms with Gasteiger partial charge in [0.25, 0.3) is 5.91 Å². The third-order valence-corrected chi connectivity index (χ3v) is 4.06. The number of rotatable bonds is 2. The van der Waals surface area contributed by atoms with E-state index in [1.54, 1.807) is 11.8 Å². The lowest BCUT2D eigenvalue weighted by atomic mass is 10.2. The first kappa shape index (κ1) is 17.6. The third kappa shape index (κ3) is 3.76. The molecule has 0 aliphatic carbocycles. The van der Waals surface area contributed by atoms with Gasteiger partial charge in [-0.1, -0.05) is 12.1 Å². The highest BCUT2D eigenvalue weighted by Gasteiger charge is 2.33. The van der Waals surface area contributed by atoms with Crippen LogP contribution in [-0.2, 0) is 9.59 Å². The summed E-state index contributed by atoms with van der Waals surface area (Å²) in [6.45, 7) is 4.95. The predicted octanol–water partition coefficient (Wildman–Crippen LogP) is 1.04. The van der Waals surface area contributed by atoms with Crippen molar-refractivity contribution in [3.05, 3.63) is 24.3 Å². The van der Waals surface area contributed by atoms with Crippen LogP contribution in [0.1, 0.15) is 13.3 Å².